The lowest BCUT2D eigenvalue weighted by molar-refractivity contribution is -0.154. The fourth-order valence-corrected chi connectivity index (χ4v) is 4.51. The average Bonchev–Trinajstić information content (AvgIpc) is 3.21. The smallest absolute Gasteiger partial charge is 0.306 e. The SMILES string of the molecule is CCNC(=NCCCCCCC(=O)OC(C)(C)C)NC1CCN(C2CCCC2)CC1. The second kappa shape index (κ2) is 13.2. The van der Waals surface area contributed by atoms with E-state index in [1.165, 1.54) is 51.6 Å². The van der Waals surface area contributed by atoms with E-state index in [0.717, 1.165) is 50.8 Å². The van der Waals surface area contributed by atoms with Crippen molar-refractivity contribution in [3.63, 3.8) is 0 Å². The van der Waals surface area contributed by atoms with E-state index in [0.29, 0.717) is 12.5 Å². The predicted octanol–water partition coefficient (Wildman–Crippen LogP) is 4.24. The average molecular weight is 423 g/mol. The van der Waals surface area contributed by atoms with E-state index in [9.17, 15) is 4.79 Å². The molecule has 0 bridgehead atoms. The number of guanidine groups is 1. The molecule has 1 aliphatic carbocycles. The maximum atomic E-state index is 11.7. The summed E-state index contributed by atoms with van der Waals surface area (Å²) in [5.41, 5.74) is -0.380. The van der Waals surface area contributed by atoms with Crippen LogP contribution in [-0.2, 0) is 9.53 Å². The molecule has 0 aromatic rings. The van der Waals surface area contributed by atoms with Crippen molar-refractivity contribution in [1.29, 1.82) is 0 Å². The number of carbonyl (C=O) groups excluding carboxylic acids is 1. The summed E-state index contributed by atoms with van der Waals surface area (Å²) in [5.74, 6) is 0.878. The molecule has 0 spiro atoms. The molecule has 174 valence electrons. The summed E-state index contributed by atoms with van der Waals surface area (Å²) < 4.78 is 5.35. The van der Waals surface area contributed by atoms with Gasteiger partial charge < -0.3 is 20.3 Å². The molecule has 2 aliphatic rings. The Labute approximate surface area is 184 Å². The van der Waals surface area contributed by atoms with Crippen LogP contribution >= 0.6 is 0 Å². The maximum absolute atomic E-state index is 11.7. The van der Waals surface area contributed by atoms with Crippen LogP contribution < -0.4 is 10.6 Å². The highest BCUT2D eigenvalue weighted by Crippen LogP contribution is 2.26. The number of nitrogens with zero attached hydrogens (tertiary/aromatic N) is 2. The van der Waals surface area contributed by atoms with Gasteiger partial charge in [-0.3, -0.25) is 9.79 Å². The lowest BCUT2D eigenvalue weighted by atomic mass is 10.0. The molecule has 30 heavy (non-hydrogen) atoms. The van der Waals surface area contributed by atoms with E-state index in [4.69, 9.17) is 9.73 Å². The third-order valence-corrected chi connectivity index (χ3v) is 6.03. The second-order valence-electron chi connectivity index (χ2n) is 9.90. The zero-order valence-corrected chi connectivity index (χ0v) is 20.0. The number of aliphatic imine (C=N–C) groups is 1. The zero-order valence-electron chi connectivity index (χ0n) is 20.0. The fraction of sp³-hybridized carbons (Fsp3) is 0.917. The molecule has 0 radical (unpaired) electrons. The molecular formula is C24H46N4O2. The molecule has 0 atom stereocenters. The van der Waals surface area contributed by atoms with Crippen molar-refractivity contribution >= 4 is 11.9 Å². The lowest BCUT2D eigenvalue weighted by Crippen LogP contribution is -2.50. The van der Waals surface area contributed by atoms with Gasteiger partial charge in [0.2, 0.25) is 0 Å². The molecule has 6 nitrogen and oxygen atoms in total. The fourth-order valence-electron chi connectivity index (χ4n) is 4.51. The van der Waals surface area contributed by atoms with Gasteiger partial charge in [0.15, 0.2) is 5.96 Å². The molecule has 1 aliphatic heterocycles. The van der Waals surface area contributed by atoms with Crippen LogP contribution in [0.15, 0.2) is 4.99 Å². The third kappa shape index (κ3) is 10.1. The molecule has 0 amide bonds. The summed E-state index contributed by atoms with van der Waals surface area (Å²) in [6.45, 7) is 12.0. The minimum absolute atomic E-state index is 0.0851. The van der Waals surface area contributed by atoms with Crippen LogP contribution in [0.2, 0.25) is 0 Å². The van der Waals surface area contributed by atoms with Crippen LogP contribution in [0.25, 0.3) is 0 Å². The number of hydrogen-bond donors (Lipinski definition) is 2. The number of unbranched alkanes of at least 4 members (excludes halogenated alkanes) is 3. The highest BCUT2D eigenvalue weighted by Gasteiger charge is 2.27. The Hall–Kier alpha value is -1.30. The minimum atomic E-state index is -0.380. The Balaban J connectivity index is 1.58. The highest BCUT2D eigenvalue weighted by atomic mass is 16.6. The molecule has 0 unspecified atom stereocenters. The second-order valence-corrected chi connectivity index (χ2v) is 9.90. The van der Waals surface area contributed by atoms with Gasteiger partial charge in [0, 0.05) is 44.7 Å². The number of likely N-dealkylation sites (tertiary alicyclic amines) is 1. The normalized spacial score (nSPS) is 19.8. The Morgan fingerprint density at radius 1 is 1.03 bits per heavy atom. The van der Waals surface area contributed by atoms with E-state index >= 15 is 0 Å². The van der Waals surface area contributed by atoms with E-state index in [1.54, 1.807) is 0 Å². The van der Waals surface area contributed by atoms with Crippen molar-refractivity contribution in [2.45, 2.75) is 116 Å². The quantitative estimate of drug-likeness (QED) is 0.239. The van der Waals surface area contributed by atoms with Crippen molar-refractivity contribution in [2.24, 2.45) is 4.99 Å². The molecule has 1 heterocycles. The number of ether oxygens (including phenoxy) is 1. The first-order valence-electron chi connectivity index (χ1n) is 12.4. The monoisotopic (exact) mass is 422 g/mol. The number of esters is 1. The van der Waals surface area contributed by atoms with E-state index in [2.05, 4.69) is 22.5 Å². The maximum Gasteiger partial charge on any atom is 0.306 e. The van der Waals surface area contributed by atoms with E-state index < -0.39 is 0 Å². The lowest BCUT2D eigenvalue weighted by Gasteiger charge is -2.36. The third-order valence-electron chi connectivity index (χ3n) is 6.03. The van der Waals surface area contributed by atoms with Gasteiger partial charge in [0.25, 0.3) is 0 Å². The molecule has 2 rings (SSSR count). The Bertz CT molecular complexity index is 516. The van der Waals surface area contributed by atoms with Gasteiger partial charge in [0.1, 0.15) is 5.60 Å². The zero-order chi connectivity index (χ0) is 21.8. The van der Waals surface area contributed by atoms with E-state index in [1.807, 2.05) is 20.8 Å². The first kappa shape index (κ1) is 25.0. The Morgan fingerprint density at radius 2 is 1.70 bits per heavy atom. The molecule has 0 aromatic heterocycles. The van der Waals surface area contributed by atoms with Crippen LogP contribution in [-0.4, -0.2) is 60.7 Å². The summed E-state index contributed by atoms with van der Waals surface area (Å²) in [7, 11) is 0. The first-order valence-corrected chi connectivity index (χ1v) is 12.4. The predicted molar refractivity (Wildman–Crippen MR) is 125 cm³/mol. The molecular weight excluding hydrogens is 376 g/mol. The van der Waals surface area contributed by atoms with Crippen molar-refractivity contribution in [1.82, 2.24) is 15.5 Å². The van der Waals surface area contributed by atoms with Crippen molar-refractivity contribution in [3.05, 3.63) is 0 Å². The van der Waals surface area contributed by atoms with Crippen LogP contribution in [0, 0.1) is 0 Å². The summed E-state index contributed by atoms with van der Waals surface area (Å²) in [6.07, 6.45) is 12.7. The standard InChI is InChI=1S/C24H46N4O2/c1-5-25-23(26-17-11-7-6-8-14-22(29)30-24(2,3)4)27-20-15-18-28(19-16-20)21-12-9-10-13-21/h20-21H,5-19H2,1-4H3,(H2,25,26,27). The molecule has 1 saturated carbocycles. The van der Waals surface area contributed by atoms with Gasteiger partial charge in [-0.1, -0.05) is 25.7 Å². The first-order chi connectivity index (χ1) is 14.4. The topological polar surface area (TPSA) is 66.0 Å². The number of hydrogen-bond acceptors (Lipinski definition) is 4. The van der Waals surface area contributed by atoms with Gasteiger partial charge >= 0.3 is 5.97 Å². The molecule has 0 aromatic carbocycles. The summed E-state index contributed by atoms with van der Waals surface area (Å²) in [4.78, 5) is 19.2. The van der Waals surface area contributed by atoms with Crippen LogP contribution in [0.4, 0.5) is 0 Å². The molecule has 2 N–H and O–H groups in total. The minimum Gasteiger partial charge on any atom is -0.460 e. The van der Waals surface area contributed by atoms with Gasteiger partial charge in [-0.2, -0.15) is 0 Å². The summed E-state index contributed by atoms with van der Waals surface area (Å²) >= 11 is 0. The van der Waals surface area contributed by atoms with Crippen molar-refractivity contribution < 1.29 is 9.53 Å². The Kier molecular flexibility index (Phi) is 11.0. The van der Waals surface area contributed by atoms with Crippen LogP contribution in [0.5, 0.6) is 0 Å². The number of carbonyl (C=O) groups is 1. The van der Waals surface area contributed by atoms with Gasteiger partial charge in [-0.15, -0.1) is 0 Å². The number of nitrogens with one attached hydrogen (secondary N) is 2. The molecule has 1 saturated heterocycles. The summed E-state index contributed by atoms with van der Waals surface area (Å²) in [5, 5.41) is 7.06. The number of piperidine rings is 1. The van der Waals surface area contributed by atoms with Gasteiger partial charge in [0.05, 0.1) is 0 Å². The van der Waals surface area contributed by atoms with Gasteiger partial charge in [-0.25, -0.2) is 0 Å². The van der Waals surface area contributed by atoms with Crippen molar-refractivity contribution in [3.8, 4) is 0 Å². The van der Waals surface area contributed by atoms with E-state index in [-0.39, 0.29) is 11.6 Å². The molecule has 6 heteroatoms. The highest BCUT2D eigenvalue weighted by molar-refractivity contribution is 5.80. The van der Waals surface area contributed by atoms with Crippen molar-refractivity contribution in [2.75, 3.05) is 26.2 Å². The molecule has 2 fully saturated rings. The Morgan fingerprint density at radius 3 is 2.33 bits per heavy atom. The largest absolute Gasteiger partial charge is 0.460 e. The van der Waals surface area contributed by atoms with Gasteiger partial charge in [-0.05, 0) is 66.2 Å². The summed E-state index contributed by atoms with van der Waals surface area (Å²) in [6, 6.07) is 1.39. The number of rotatable bonds is 10. The van der Waals surface area contributed by atoms with Crippen LogP contribution in [0.1, 0.15) is 98.3 Å². The van der Waals surface area contributed by atoms with Crippen LogP contribution in [0.3, 0.4) is 0 Å².